The van der Waals surface area contributed by atoms with E-state index in [1.807, 2.05) is 0 Å². The van der Waals surface area contributed by atoms with Crippen LogP contribution in [0.5, 0.6) is 0 Å². The van der Waals surface area contributed by atoms with Crippen molar-refractivity contribution in [2.45, 2.75) is 89.5 Å². The number of benzene rings is 1. The first kappa shape index (κ1) is 23.5. The molecule has 1 aromatic rings. The first-order valence-electron chi connectivity index (χ1n) is 12.7. The van der Waals surface area contributed by atoms with Gasteiger partial charge in [-0.25, -0.2) is 0 Å². The van der Waals surface area contributed by atoms with Crippen molar-refractivity contribution < 1.29 is 0 Å². The Morgan fingerprint density at radius 1 is 1.00 bits per heavy atom. The predicted octanol–water partition coefficient (Wildman–Crippen LogP) is 7.60. The molecule has 0 heterocycles. The van der Waals surface area contributed by atoms with Gasteiger partial charge in [-0.15, -0.1) is 12.4 Å². The van der Waals surface area contributed by atoms with E-state index in [-0.39, 0.29) is 12.4 Å². The third-order valence-corrected chi connectivity index (χ3v) is 9.22. The van der Waals surface area contributed by atoms with Crippen LogP contribution < -0.4 is 5.32 Å². The van der Waals surface area contributed by atoms with Gasteiger partial charge in [-0.3, -0.25) is 0 Å². The molecule has 31 heavy (non-hydrogen) atoms. The van der Waals surface area contributed by atoms with Gasteiger partial charge in [0.25, 0.3) is 0 Å². The summed E-state index contributed by atoms with van der Waals surface area (Å²) in [6, 6.07) is 7.29. The van der Waals surface area contributed by atoms with Crippen LogP contribution in [-0.2, 0) is 0 Å². The maximum atomic E-state index is 6.81. The molecule has 5 fully saturated rings. The first-order chi connectivity index (χ1) is 14.7. The van der Waals surface area contributed by atoms with Crippen LogP contribution in [0.1, 0.15) is 94.6 Å². The van der Waals surface area contributed by atoms with Gasteiger partial charge in [0.15, 0.2) is 0 Å². The molecule has 4 bridgehead atoms. The molecule has 0 aromatic heterocycles. The highest BCUT2D eigenvalue weighted by Gasteiger charge is 2.48. The van der Waals surface area contributed by atoms with E-state index in [1.54, 1.807) is 0 Å². The van der Waals surface area contributed by atoms with Gasteiger partial charge in [0.05, 0.1) is 0 Å². The topological polar surface area (TPSA) is 12.0 Å². The van der Waals surface area contributed by atoms with E-state index in [0.717, 1.165) is 53.1 Å². The second-order valence-corrected chi connectivity index (χ2v) is 11.3. The van der Waals surface area contributed by atoms with Gasteiger partial charge < -0.3 is 5.32 Å². The molecule has 1 aromatic carbocycles. The Kier molecular flexibility index (Phi) is 7.95. The molecule has 0 aliphatic heterocycles. The molecule has 1 N–H and O–H groups in total. The van der Waals surface area contributed by atoms with E-state index < -0.39 is 0 Å². The summed E-state index contributed by atoms with van der Waals surface area (Å²) < 4.78 is 0. The zero-order chi connectivity index (χ0) is 20.5. The quantitative estimate of drug-likeness (QED) is 0.352. The fraction of sp³-hybridized carbons (Fsp3) is 0.714. The highest BCUT2D eigenvalue weighted by Crippen LogP contribution is 2.60. The summed E-state index contributed by atoms with van der Waals surface area (Å²) in [5.74, 6) is 12.1. The van der Waals surface area contributed by atoms with Crippen molar-refractivity contribution in [3.63, 3.8) is 0 Å². The van der Waals surface area contributed by atoms with Crippen LogP contribution >= 0.6 is 24.0 Å². The van der Waals surface area contributed by atoms with Crippen molar-refractivity contribution in [2.24, 2.45) is 29.6 Å². The second kappa shape index (κ2) is 10.5. The molecule has 5 saturated carbocycles. The van der Waals surface area contributed by atoms with E-state index in [0.29, 0.717) is 12.0 Å². The Morgan fingerprint density at radius 2 is 1.68 bits per heavy atom. The molecule has 0 saturated heterocycles. The molecule has 1 atom stereocenters. The van der Waals surface area contributed by atoms with Crippen LogP contribution in [-0.4, -0.2) is 12.6 Å². The van der Waals surface area contributed by atoms with Crippen molar-refractivity contribution in [2.75, 3.05) is 6.54 Å². The van der Waals surface area contributed by atoms with Crippen LogP contribution in [0, 0.1) is 41.4 Å². The summed E-state index contributed by atoms with van der Waals surface area (Å²) >= 11 is 6.81. The van der Waals surface area contributed by atoms with Crippen LogP contribution in [0.3, 0.4) is 0 Å². The fourth-order valence-electron chi connectivity index (χ4n) is 7.64. The van der Waals surface area contributed by atoms with Crippen molar-refractivity contribution in [1.82, 2.24) is 5.32 Å². The monoisotopic (exact) mass is 459 g/mol. The fourth-order valence-corrected chi connectivity index (χ4v) is 7.94. The minimum Gasteiger partial charge on any atom is -0.313 e. The van der Waals surface area contributed by atoms with Crippen LogP contribution in [0.25, 0.3) is 0 Å². The predicted molar refractivity (Wildman–Crippen MR) is 134 cm³/mol. The molecule has 170 valence electrons. The average Bonchev–Trinajstić information content (AvgIpc) is 2.74. The van der Waals surface area contributed by atoms with E-state index in [9.17, 15) is 0 Å². The summed E-state index contributed by atoms with van der Waals surface area (Å²) in [7, 11) is 0. The number of hydrogen-bond acceptors (Lipinski definition) is 1. The summed E-state index contributed by atoms with van der Waals surface area (Å²) in [5.41, 5.74) is 2.49. The SMILES string of the molecule is CC(NCCC#Cc1ccc(C2C3CC4CC(C3)CC2C4)c(Cl)c1)C1CCCCC1.Cl. The average molecular weight is 461 g/mol. The normalized spacial score (nSPS) is 32.8. The van der Waals surface area contributed by atoms with Crippen molar-refractivity contribution in [3.05, 3.63) is 34.3 Å². The molecule has 5 aliphatic carbocycles. The molecule has 3 heteroatoms. The molecular weight excluding hydrogens is 421 g/mol. The number of halogens is 2. The van der Waals surface area contributed by atoms with E-state index in [4.69, 9.17) is 11.6 Å². The standard InChI is InChI=1S/C28H38ClN.ClH/c1-19(23-8-3-2-4-9-23)30-12-6-5-7-20-10-11-26(27(29)18-20)28-24-14-21-13-22(16-24)17-25(28)15-21;/h10-11,18-19,21-25,28,30H,2-4,6,8-9,12-17H2,1H3;1H. The minimum absolute atomic E-state index is 0. The number of hydrogen-bond donors (Lipinski definition) is 1. The number of nitrogens with one attached hydrogen (secondary N) is 1. The maximum Gasteiger partial charge on any atom is 0.0453 e. The lowest BCUT2D eigenvalue weighted by Crippen LogP contribution is -2.43. The van der Waals surface area contributed by atoms with Crippen molar-refractivity contribution in [3.8, 4) is 11.8 Å². The van der Waals surface area contributed by atoms with E-state index in [1.165, 1.54) is 69.8 Å². The summed E-state index contributed by atoms with van der Waals surface area (Å²) in [4.78, 5) is 0. The first-order valence-corrected chi connectivity index (χ1v) is 13.1. The molecule has 0 amide bonds. The van der Waals surface area contributed by atoms with Crippen LogP contribution in [0.4, 0.5) is 0 Å². The molecule has 6 rings (SSSR count). The molecular formula is C28H39Cl2N. The lowest BCUT2D eigenvalue weighted by atomic mass is 9.51. The van der Waals surface area contributed by atoms with Gasteiger partial charge in [0, 0.05) is 29.6 Å². The number of rotatable bonds is 5. The Labute approximate surface area is 200 Å². The van der Waals surface area contributed by atoms with Gasteiger partial charge in [0.2, 0.25) is 0 Å². The minimum atomic E-state index is 0. The van der Waals surface area contributed by atoms with E-state index >= 15 is 0 Å². The summed E-state index contributed by atoms with van der Waals surface area (Å²) in [6.07, 6.45) is 15.3. The smallest absolute Gasteiger partial charge is 0.0453 e. The zero-order valence-corrected chi connectivity index (χ0v) is 20.6. The van der Waals surface area contributed by atoms with Gasteiger partial charge >= 0.3 is 0 Å². The van der Waals surface area contributed by atoms with Crippen molar-refractivity contribution >= 4 is 24.0 Å². The van der Waals surface area contributed by atoms with Gasteiger partial charge in [-0.2, -0.15) is 0 Å². The Hall–Kier alpha value is -0.680. The third kappa shape index (κ3) is 5.29. The zero-order valence-electron chi connectivity index (χ0n) is 19.0. The lowest BCUT2D eigenvalue weighted by molar-refractivity contribution is -0.00275. The maximum absolute atomic E-state index is 6.81. The van der Waals surface area contributed by atoms with Crippen molar-refractivity contribution in [1.29, 1.82) is 0 Å². The van der Waals surface area contributed by atoms with Crippen LogP contribution in [0.2, 0.25) is 5.02 Å². The molecule has 5 aliphatic rings. The summed E-state index contributed by atoms with van der Waals surface area (Å²) in [6.45, 7) is 3.34. The summed E-state index contributed by atoms with van der Waals surface area (Å²) in [5, 5.41) is 4.66. The third-order valence-electron chi connectivity index (χ3n) is 8.89. The molecule has 1 unspecified atom stereocenters. The highest BCUT2D eigenvalue weighted by atomic mass is 35.5. The Morgan fingerprint density at radius 3 is 2.32 bits per heavy atom. The lowest BCUT2D eigenvalue weighted by Gasteiger charge is -2.54. The van der Waals surface area contributed by atoms with Gasteiger partial charge in [0.1, 0.15) is 0 Å². The second-order valence-electron chi connectivity index (χ2n) is 10.9. The molecule has 0 radical (unpaired) electrons. The Bertz CT molecular complexity index is 773. The largest absolute Gasteiger partial charge is 0.313 e. The van der Waals surface area contributed by atoms with Gasteiger partial charge in [-0.05, 0) is 105 Å². The Balaban J connectivity index is 0.00000231. The van der Waals surface area contributed by atoms with E-state index in [2.05, 4.69) is 42.3 Å². The van der Waals surface area contributed by atoms with Crippen LogP contribution in [0.15, 0.2) is 18.2 Å². The molecule has 0 spiro atoms. The molecule has 1 nitrogen and oxygen atoms in total. The highest BCUT2D eigenvalue weighted by molar-refractivity contribution is 6.31. The van der Waals surface area contributed by atoms with Gasteiger partial charge in [-0.1, -0.05) is 48.8 Å².